The van der Waals surface area contributed by atoms with Gasteiger partial charge in [-0.3, -0.25) is 0 Å². The third-order valence-corrected chi connectivity index (χ3v) is 3.99. The molecule has 2 aromatic heterocycles. The van der Waals surface area contributed by atoms with Gasteiger partial charge in [0.05, 0.1) is 0 Å². The summed E-state index contributed by atoms with van der Waals surface area (Å²) in [6, 6.07) is 10.9. The summed E-state index contributed by atoms with van der Waals surface area (Å²) in [5, 5.41) is 1.23. The zero-order valence-electron chi connectivity index (χ0n) is 11.4. The molecule has 0 atom stereocenters. The largest absolute Gasteiger partial charge is 1.00 e. The van der Waals surface area contributed by atoms with Gasteiger partial charge in [-0.2, -0.15) is 0 Å². The first kappa shape index (κ1) is 13.6. The standard InChI is InChI=1S/C17H16NO.HI/c1-18-7-5-12(6-8-18)16-11-15-9-13-3-2-4-14(13)10-17(15)19-16;/h5-11H,2-4H2,1H3;1H/q+1;/p-1. The van der Waals surface area contributed by atoms with Gasteiger partial charge >= 0.3 is 0 Å². The molecule has 20 heavy (non-hydrogen) atoms. The molecule has 0 radical (unpaired) electrons. The zero-order chi connectivity index (χ0) is 12.8. The molecule has 0 spiro atoms. The van der Waals surface area contributed by atoms with Gasteiger partial charge in [-0.1, -0.05) is 0 Å². The maximum Gasteiger partial charge on any atom is 0.169 e. The molecule has 2 nitrogen and oxygen atoms in total. The number of benzene rings is 1. The number of pyridine rings is 1. The van der Waals surface area contributed by atoms with Crippen LogP contribution in [0.4, 0.5) is 0 Å². The Bertz CT molecular complexity index is 718. The fraction of sp³-hybridized carbons (Fsp3) is 0.235. The van der Waals surface area contributed by atoms with Crippen molar-refractivity contribution in [1.82, 2.24) is 0 Å². The summed E-state index contributed by atoms with van der Waals surface area (Å²) in [7, 11) is 2.02. The Kier molecular flexibility index (Phi) is 3.54. The van der Waals surface area contributed by atoms with Gasteiger partial charge < -0.3 is 28.4 Å². The molecule has 0 N–H and O–H groups in total. The van der Waals surface area contributed by atoms with E-state index >= 15 is 0 Å². The van der Waals surface area contributed by atoms with Crippen molar-refractivity contribution in [3.05, 3.63) is 53.9 Å². The number of nitrogens with zero attached hydrogens (tertiary/aromatic N) is 1. The third-order valence-electron chi connectivity index (χ3n) is 3.99. The lowest BCUT2D eigenvalue weighted by atomic mass is 10.1. The van der Waals surface area contributed by atoms with Gasteiger partial charge in [0.25, 0.3) is 0 Å². The molecule has 4 rings (SSSR count). The molecule has 3 aromatic rings. The molecule has 0 amide bonds. The quantitative estimate of drug-likeness (QED) is 0.444. The highest BCUT2D eigenvalue weighted by atomic mass is 127. The monoisotopic (exact) mass is 377 g/mol. The predicted molar refractivity (Wildman–Crippen MR) is 74.9 cm³/mol. The van der Waals surface area contributed by atoms with Gasteiger partial charge in [0.15, 0.2) is 12.4 Å². The van der Waals surface area contributed by atoms with Gasteiger partial charge in [0.2, 0.25) is 0 Å². The number of rotatable bonds is 1. The van der Waals surface area contributed by atoms with Crippen LogP contribution >= 0.6 is 0 Å². The van der Waals surface area contributed by atoms with Crippen LogP contribution in [0.3, 0.4) is 0 Å². The lowest BCUT2D eigenvalue weighted by Gasteiger charge is -1.97. The van der Waals surface area contributed by atoms with E-state index in [0.717, 1.165) is 16.9 Å². The topological polar surface area (TPSA) is 17.0 Å². The average Bonchev–Trinajstić information content (AvgIpc) is 3.01. The lowest BCUT2D eigenvalue weighted by Crippen LogP contribution is -3.00. The Morgan fingerprint density at radius 2 is 1.70 bits per heavy atom. The molecule has 2 heterocycles. The Balaban J connectivity index is 0.00000121. The average molecular weight is 377 g/mol. The van der Waals surface area contributed by atoms with Crippen molar-refractivity contribution in [2.45, 2.75) is 19.3 Å². The summed E-state index contributed by atoms with van der Waals surface area (Å²) in [6.07, 6.45) is 7.78. The van der Waals surface area contributed by atoms with Gasteiger partial charge in [0, 0.05) is 23.1 Å². The number of fused-ring (bicyclic) bond motifs is 2. The summed E-state index contributed by atoms with van der Waals surface area (Å²) < 4.78 is 8.04. The van der Waals surface area contributed by atoms with Crippen LogP contribution in [0.1, 0.15) is 17.5 Å². The van der Waals surface area contributed by atoms with Gasteiger partial charge in [-0.25, -0.2) is 4.57 Å². The minimum absolute atomic E-state index is 0. The Hall–Kier alpha value is -1.36. The molecule has 0 saturated carbocycles. The second-order valence-corrected chi connectivity index (χ2v) is 5.38. The van der Waals surface area contributed by atoms with Crippen LogP contribution in [0.5, 0.6) is 0 Å². The van der Waals surface area contributed by atoms with Crippen LogP contribution in [0, 0.1) is 0 Å². The SMILES string of the molecule is C[n+]1ccc(-c2cc3cc4c(cc3o2)CCC4)cc1.[I-]. The summed E-state index contributed by atoms with van der Waals surface area (Å²) in [5.74, 6) is 0.958. The Labute approximate surface area is 135 Å². The molecule has 1 aliphatic rings. The van der Waals surface area contributed by atoms with Crippen molar-refractivity contribution in [1.29, 1.82) is 0 Å². The van der Waals surface area contributed by atoms with Crippen molar-refractivity contribution in [2.24, 2.45) is 7.05 Å². The van der Waals surface area contributed by atoms with Crippen LogP contribution in [-0.2, 0) is 19.9 Å². The molecule has 0 bridgehead atoms. The van der Waals surface area contributed by atoms with E-state index in [4.69, 9.17) is 4.42 Å². The number of halogens is 1. The highest BCUT2D eigenvalue weighted by Gasteiger charge is 2.14. The summed E-state index contributed by atoms with van der Waals surface area (Å²) in [5.41, 5.74) is 5.12. The van der Waals surface area contributed by atoms with E-state index in [2.05, 4.69) is 30.3 Å². The van der Waals surface area contributed by atoms with Crippen LogP contribution < -0.4 is 28.5 Å². The van der Waals surface area contributed by atoms with E-state index in [-0.39, 0.29) is 24.0 Å². The Morgan fingerprint density at radius 3 is 2.45 bits per heavy atom. The molecular weight excluding hydrogens is 361 g/mol. The minimum atomic E-state index is 0. The minimum Gasteiger partial charge on any atom is -1.00 e. The van der Waals surface area contributed by atoms with E-state index in [1.54, 1.807) is 0 Å². The first-order valence-corrected chi connectivity index (χ1v) is 6.81. The molecule has 0 fully saturated rings. The zero-order valence-corrected chi connectivity index (χ0v) is 13.6. The van der Waals surface area contributed by atoms with Crippen LogP contribution in [-0.4, -0.2) is 0 Å². The fourth-order valence-corrected chi connectivity index (χ4v) is 2.92. The smallest absolute Gasteiger partial charge is 0.169 e. The molecular formula is C17H16INO. The number of aromatic nitrogens is 1. The first-order chi connectivity index (χ1) is 9.29. The molecule has 102 valence electrons. The van der Waals surface area contributed by atoms with Crippen molar-refractivity contribution in [2.75, 3.05) is 0 Å². The maximum atomic E-state index is 6.01. The predicted octanol–water partition coefficient (Wildman–Crippen LogP) is 0.417. The summed E-state index contributed by atoms with van der Waals surface area (Å²) in [6.45, 7) is 0. The molecule has 3 heteroatoms. The van der Waals surface area contributed by atoms with E-state index in [9.17, 15) is 0 Å². The first-order valence-electron chi connectivity index (χ1n) is 6.81. The number of furan rings is 1. The van der Waals surface area contributed by atoms with Crippen molar-refractivity contribution >= 4 is 11.0 Å². The second-order valence-electron chi connectivity index (χ2n) is 5.38. The van der Waals surface area contributed by atoms with E-state index < -0.39 is 0 Å². The molecule has 0 saturated heterocycles. The summed E-state index contributed by atoms with van der Waals surface area (Å²) >= 11 is 0. The van der Waals surface area contributed by atoms with Crippen molar-refractivity contribution in [3.8, 4) is 11.3 Å². The molecule has 0 unspecified atom stereocenters. The second kappa shape index (κ2) is 5.20. The Morgan fingerprint density at radius 1 is 1.00 bits per heavy atom. The fourth-order valence-electron chi connectivity index (χ4n) is 2.92. The van der Waals surface area contributed by atoms with Gasteiger partial charge in [-0.15, -0.1) is 0 Å². The van der Waals surface area contributed by atoms with E-state index in [1.807, 2.05) is 24.0 Å². The van der Waals surface area contributed by atoms with E-state index in [1.165, 1.54) is 35.8 Å². The third kappa shape index (κ3) is 2.24. The summed E-state index contributed by atoms with van der Waals surface area (Å²) in [4.78, 5) is 0. The number of hydrogen-bond acceptors (Lipinski definition) is 1. The van der Waals surface area contributed by atoms with E-state index in [0.29, 0.717) is 0 Å². The lowest BCUT2D eigenvalue weighted by molar-refractivity contribution is -0.671. The van der Waals surface area contributed by atoms with Crippen LogP contribution in [0.25, 0.3) is 22.3 Å². The highest BCUT2D eigenvalue weighted by Crippen LogP contribution is 2.32. The normalized spacial score (nSPS) is 13.2. The number of hydrogen-bond donors (Lipinski definition) is 0. The van der Waals surface area contributed by atoms with Gasteiger partial charge in [0.1, 0.15) is 18.4 Å². The molecule has 1 aliphatic carbocycles. The van der Waals surface area contributed by atoms with Crippen LogP contribution in [0.2, 0.25) is 0 Å². The van der Waals surface area contributed by atoms with Crippen LogP contribution in [0.15, 0.2) is 47.1 Å². The number of aryl methyl sites for hydroxylation is 3. The maximum absolute atomic E-state index is 6.01. The molecule has 0 aliphatic heterocycles. The highest BCUT2D eigenvalue weighted by molar-refractivity contribution is 5.84. The molecule has 1 aromatic carbocycles. The van der Waals surface area contributed by atoms with Crippen molar-refractivity contribution < 1.29 is 33.0 Å². The van der Waals surface area contributed by atoms with Crippen molar-refractivity contribution in [3.63, 3.8) is 0 Å². The van der Waals surface area contributed by atoms with Gasteiger partial charge in [-0.05, 0) is 48.6 Å².